The predicted octanol–water partition coefficient (Wildman–Crippen LogP) is 3.89. The first-order valence-electron chi connectivity index (χ1n) is 9.06. The quantitative estimate of drug-likeness (QED) is 0.528. The predicted molar refractivity (Wildman–Crippen MR) is 115 cm³/mol. The second-order valence-electron chi connectivity index (χ2n) is 6.66. The van der Waals surface area contributed by atoms with Gasteiger partial charge in [-0.25, -0.2) is 18.5 Å². The second kappa shape index (κ2) is 8.44. The summed E-state index contributed by atoms with van der Waals surface area (Å²) in [5.74, 6) is 0.246. The third kappa shape index (κ3) is 5.32. The van der Waals surface area contributed by atoms with Gasteiger partial charge >= 0.3 is 6.36 Å². The standard InChI is InChI=1S/C19H19F3N4O3S2/c1-3-26-11(2)24-14-5-4-6-15(18(14)26)25-17(30)10-12-9-13(31(23,27)28)7-8-16(12)29-19(20,21)22/h4-9H,3,10H2,1-2H3,(H,25,30)(H2,23,27,28). The van der Waals surface area contributed by atoms with Gasteiger partial charge in [-0.1, -0.05) is 18.3 Å². The van der Waals surface area contributed by atoms with Gasteiger partial charge in [0.25, 0.3) is 0 Å². The lowest BCUT2D eigenvalue weighted by atomic mass is 10.1. The van der Waals surface area contributed by atoms with Crippen molar-refractivity contribution in [1.82, 2.24) is 9.55 Å². The summed E-state index contributed by atoms with van der Waals surface area (Å²) in [6.07, 6.45) is -5.16. The number of imidazole rings is 1. The topological polar surface area (TPSA) is 99.2 Å². The summed E-state index contributed by atoms with van der Waals surface area (Å²) in [5, 5.41) is 8.13. The number of hydrogen-bond donors (Lipinski definition) is 2. The van der Waals surface area contributed by atoms with Crippen LogP contribution in [0.1, 0.15) is 18.3 Å². The maximum atomic E-state index is 12.8. The smallest absolute Gasteiger partial charge is 0.405 e. The third-order valence-corrected chi connectivity index (χ3v) is 5.64. The first-order chi connectivity index (χ1) is 14.4. The number of alkyl halides is 3. The fourth-order valence-electron chi connectivity index (χ4n) is 3.25. The Labute approximate surface area is 182 Å². The number of para-hydroxylation sites is 1. The Morgan fingerprint density at radius 3 is 2.61 bits per heavy atom. The molecule has 31 heavy (non-hydrogen) atoms. The molecule has 0 saturated carbocycles. The average molecular weight is 473 g/mol. The van der Waals surface area contributed by atoms with Gasteiger partial charge in [0.05, 0.1) is 26.6 Å². The maximum absolute atomic E-state index is 12.8. The Hall–Kier alpha value is -2.70. The number of aromatic nitrogens is 2. The fraction of sp³-hybridized carbons (Fsp3) is 0.263. The Bertz CT molecular complexity index is 1250. The van der Waals surface area contributed by atoms with E-state index in [1.54, 1.807) is 12.1 Å². The normalized spacial score (nSPS) is 12.2. The van der Waals surface area contributed by atoms with Gasteiger partial charge in [-0.15, -0.1) is 13.2 Å². The van der Waals surface area contributed by atoms with E-state index in [4.69, 9.17) is 17.4 Å². The monoisotopic (exact) mass is 472 g/mol. The van der Waals surface area contributed by atoms with Crippen LogP contribution in [0.25, 0.3) is 11.0 Å². The zero-order chi connectivity index (χ0) is 23.0. The van der Waals surface area contributed by atoms with Gasteiger partial charge in [-0.2, -0.15) is 0 Å². The number of benzene rings is 2. The van der Waals surface area contributed by atoms with Crippen molar-refractivity contribution < 1.29 is 26.3 Å². The van der Waals surface area contributed by atoms with Gasteiger partial charge in [-0.05, 0) is 44.2 Å². The first-order valence-corrected chi connectivity index (χ1v) is 11.0. The van der Waals surface area contributed by atoms with E-state index in [9.17, 15) is 21.6 Å². The van der Waals surface area contributed by atoms with Gasteiger partial charge in [0.15, 0.2) is 0 Å². The van der Waals surface area contributed by atoms with E-state index in [1.807, 2.05) is 24.5 Å². The SMILES string of the molecule is CCn1c(C)nc2cccc(NC(=S)Cc3cc(S(N)(=O)=O)ccc3OC(F)(F)F)c21. The summed E-state index contributed by atoms with van der Waals surface area (Å²) < 4.78 is 67.6. The minimum atomic E-state index is -4.95. The minimum Gasteiger partial charge on any atom is -0.405 e. The van der Waals surface area contributed by atoms with Crippen LogP contribution in [0.3, 0.4) is 0 Å². The Kier molecular flexibility index (Phi) is 6.25. The molecule has 166 valence electrons. The molecule has 12 heteroatoms. The van der Waals surface area contributed by atoms with Gasteiger partial charge in [0, 0.05) is 18.5 Å². The number of sulfonamides is 1. The molecule has 0 spiro atoms. The molecule has 0 unspecified atom stereocenters. The summed E-state index contributed by atoms with van der Waals surface area (Å²) in [7, 11) is -4.13. The van der Waals surface area contributed by atoms with Crippen molar-refractivity contribution in [2.45, 2.75) is 38.1 Å². The number of nitrogens with zero attached hydrogens (tertiary/aromatic N) is 2. The Morgan fingerprint density at radius 1 is 1.29 bits per heavy atom. The Balaban J connectivity index is 1.95. The molecular weight excluding hydrogens is 453 g/mol. The van der Waals surface area contributed by atoms with Crippen LogP contribution in [0, 0.1) is 6.92 Å². The molecule has 0 saturated heterocycles. The van der Waals surface area contributed by atoms with Crippen LogP contribution in [-0.4, -0.2) is 29.3 Å². The molecule has 1 heterocycles. The molecule has 0 radical (unpaired) electrons. The number of primary sulfonamides is 1. The van der Waals surface area contributed by atoms with Crippen LogP contribution in [0.2, 0.25) is 0 Å². The largest absolute Gasteiger partial charge is 0.573 e. The number of rotatable bonds is 6. The molecule has 0 atom stereocenters. The van der Waals surface area contributed by atoms with Crippen LogP contribution in [0.4, 0.5) is 18.9 Å². The Morgan fingerprint density at radius 2 is 2.00 bits per heavy atom. The van der Waals surface area contributed by atoms with Gasteiger partial charge < -0.3 is 14.6 Å². The first kappa shape index (κ1) is 23.0. The molecule has 3 aromatic rings. The number of aryl methyl sites for hydroxylation is 2. The van der Waals surface area contributed by atoms with Crippen molar-refractivity contribution in [3.8, 4) is 5.75 Å². The number of nitrogens with two attached hydrogens (primary N) is 1. The maximum Gasteiger partial charge on any atom is 0.573 e. The fourth-order valence-corrected chi connectivity index (χ4v) is 4.08. The highest BCUT2D eigenvalue weighted by Gasteiger charge is 2.32. The van der Waals surface area contributed by atoms with E-state index < -0.39 is 22.1 Å². The molecule has 0 amide bonds. The van der Waals surface area contributed by atoms with Crippen molar-refractivity contribution in [2.75, 3.05) is 5.32 Å². The molecule has 2 aromatic carbocycles. The van der Waals surface area contributed by atoms with Crippen molar-refractivity contribution in [1.29, 1.82) is 0 Å². The number of hydrogen-bond acceptors (Lipinski definition) is 5. The summed E-state index contributed by atoms with van der Waals surface area (Å²) in [6.45, 7) is 4.49. The van der Waals surface area contributed by atoms with E-state index in [-0.39, 0.29) is 21.9 Å². The van der Waals surface area contributed by atoms with Crippen LogP contribution in [-0.2, 0) is 23.0 Å². The molecule has 3 rings (SSSR count). The van der Waals surface area contributed by atoms with Gasteiger partial charge in [-0.3, -0.25) is 0 Å². The van der Waals surface area contributed by atoms with Gasteiger partial charge in [0.1, 0.15) is 11.6 Å². The van der Waals surface area contributed by atoms with Crippen LogP contribution < -0.4 is 15.2 Å². The van der Waals surface area contributed by atoms with Crippen LogP contribution >= 0.6 is 12.2 Å². The van der Waals surface area contributed by atoms with Crippen molar-refractivity contribution in [3.05, 3.63) is 47.8 Å². The van der Waals surface area contributed by atoms with E-state index in [0.29, 0.717) is 12.2 Å². The van der Waals surface area contributed by atoms with Crippen molar-refractivity contribution >= 4 is 44.0 Å². The van der Waals surface area contributed by atoms with Crippen LogP contribution in [0.5, 0.6) is 5.75 Å². The summed E-state index contributed by atoms with van der Waals surface area (Å²) in [6, 6.07) is 8.26. The zero-order valence-corrected chi connectivity index (χ0v) is 18.2. The molecule has 0 aliphatic heterocycles. The van der Waals surface area contributed by atoms with E-state index >= 15 is 0 Å². The lowest BCUT2D eigenvalue weighted by Crippen LogP contribution is -2.20. The van der Waals surface area contributed by atoms with E-state index in [2.05, 4.69) is 15.0 Å². The van der Waals surface area contributed by atoms with E-state index in [0.717, 1.165) is 35.1 Å². The number of thiocarbonyl (C=S) groups is 1. The van der Waals surface area contributed by atoms with E-state index in [1.165, 1.54) is 0 Å². The van der Waals surface area contributed by atoms with Crippen molar-refractivity contribution in [3.63, 3.8) is 0 Å². The number of anilines is 1. The number of halogens is 3. The molecule has 0 aliphatic rings. The minimum absolute atomic E-state index is 0.0753. The molecule has 0 aliphatic carbocycles. The molecule has 1 aromatic heterocycles. The zero-order valence-electron chi connectivity index (χ0n) is 16.5. The highest BCUT2D eigenvalue weighted by Crippen LogP contribution is 2.30. The number of ether oxygens (including phenoxy) is 1. The molecule has 3 N–H and O–H groups in total. The van der Waals surface area contributed by atoms with Crippen molar-refractivity contribution in [2.24, 2.45) is 5.14 Å². The number of nitrogens with one attached hydrogen (secondary N) is 1. The van der Waals surface area contributed by atoms with Gasteiger partial charge in [0.2, 0.25) is 10.0 Å². The molecule has 0 bridgehead atoms. The average Bonchev–Trinajstić information content (AvgIpc) is 2.97. The highest BCUT2D eigenvalue weighted by molar-refractivity contribution is 7.89. The number of fused-ring (bicyclic) bond motifs is 1. The molecular formula is C19H19F3N4O3S2. The molecule has 0 fully saturated rings. The molecule has 7 nitrogen and oxygen atoms in total. The highest BCUT2D eigenvalue weighted by atomic mass is 32.2. The lowest BCUT2D eigenvalue weighted by molar-refractivity contribution is -0.274. The second-order valence-corrected chi connectivity index (χ2v) is 8.72. The third-order valence-electron chi connectivity index (χ3n) is 4.49. The lowest BCUT2D eigenvalue weighted by Gasteiger charge is -2.16. The summed E-state index contributed by atoms with van der Waals surface area (Å²) in [4.78, 5) is 4.30. The summed E-state index contributed by atoms with van der Waals surface area (Å²) >= 11 is 5.35. The van der Waals surface area contributed by atoms with Crippen LogP contribution in [0.15, 0.2) is 41.3 Å². The summed E-state index contributed by atoms with van der Waals surface area (Å²) in [5.41, 5.74) is 2.10.